The summed E-state index contributed by atoms with van der Waals surface area (Å²) < 4.78 is 24.8. The van der Waals surface area contributed by atoms with Gasteiger partial charge >= 0.3 is 0 Å². The van der Waals surface area contributed by atoms with Crippen molar-refractivity contribution >= 4 is 51.3 Å². The smallest absolute Gasteiger partial charge is 0.247 e. The summed E-state index contributed by atoms with van der Waals surface area (Å²) in [5.41, 5.74) is 3.45. The zero-order chi connectivity index (χ0) is 20.2. The summed E-state index contributed by atoms with van der Waals surface area (Å²) in [5.74, 6) is 0.690. The van der Waals surface area contributed by atoms with Crippen LogP contribution in [0.4, 0.5) is 0 Å². The van der Waals surface area contributed by atoms with E-state index in [1.54, 1.807) is 6.07 Å². The highest BCUT2D eigenvalue weighted by Crippen LogP contribution is 2.21. The molecule has 2 rings (SSSR count). The first kappa shape index (κ1) is 24.9. The van der Waals surface area contributed by atoms with Crippen LogP contribution in [0, 0.1) is 13.8 Å². The Hall–Kier alpha value is -1.18. The van der Waals surface area contributed by atoms with E-state index in [1.807, 2.05) is 25.6 Å². The van der Waals surface area contributed by atoms with E-state index in [4.69, 9.17) is 5.14 Å². The van der Waals surface area contributed by atoms with E-state index in [2.05, 4.69) is 34.6 Å². The van der Waals surface area contributed by atoms with E-state index in [9.17, 15) is 8.42 Å². The van der Waals surface area contributed by atoms with Crippen LogP contribution in [-0.2, 0) is 30.0 Å². The number of primary sulfonamides is 1. The molecule has 8 nitrogen and oxygen atoms in total. The Morgan fingerprint density at radius 2 is 2.07 bits per heavy atom. The lowest BCUT2D eigenvalue weighted by atomic mass is 10.1. The molecule has 0 saturated carbocycles. The monoisotopic (exact) mass is 540 g/mol. The van der Waals surface area contributed by atoms with Crippen molar-refractivity contribution in [2.45, 2.75) is 50.9 Å². The van der Waals surface area contributed by atoms with Gasteiger partial charge in [-0.05, 0) is 51.8 Å². The zero-order valence-electron chi connectivity index (χ0n) is 16.8. The van der Waals surface area contributed by atoms with Gasteiger partial charge in [-0.25, -0.2) is 18.5 Å². The van der Waals surface area contributed by atoms with E-state index >= 15 is 0 Å². The molecule has 0 radical (unpaired) electrons. The first-order valence-electron chi connectivity index (χ1n) is 8.77. The normalized spacial score (nSPS) is 13.1. The molecule has 11 heteroatoms. The molecule has 0 saturated heterocycles. The molecule has 2 aromatic heterocycles. The van der Waals surface area contributed by atoms with Crippen molar-refractivity contribution in [2.24, 2.45) is 17.2 Å². The minimum absolute atomic E-state index is 0. The van der Waals surface area contributed by atoms with Gasteiger partial charge in [-0.1, -0.05) is 0 Å². The maximum absolute atomic E-state index is 11.4. The minimum Gasteiger partial charge on any atom is -0.357 e. The number of guanidine groups is 1. The zero-order valence-corrected chi connectivity index (χ0v) is 20.8. The van der Waals surface area contributed by atoms with Crippen LogP contribution in [0.2, 0.25) is 0 Å². The van der Waals surface area contributed by atoms with E-state index in [-0.39, 0.29) is 34.2 Å². The molecule has 1 atom stereocenters. The summed E-state index contributed by atoms with van der Waals surface area (Å²) in [6.45, 7) is 9.31. The van der Waals surface area contributed by atoms with Gasteiger partial charge in [0.05, 0.1) is 12.2 Å². The van der Waals surface area contributed by atoms with Crippen LogP contribution in [0.15, 0.2) is 21.3 Å². The second kappa shape index (κ2) is 10.6. The number of halogens is 1. The third-order valence-corrected chi connectivity index (χ3v) is 6.72. The highest BCUT2D eigenvalue weighted by atomic mass is 127. The quantitative estimate of drug-likeness (QED) is 0.283. The van der Waals surface area contributed by atoms with E-state index in [1.165, 1.54) is 11.6 Å². The molecule has 158 valence electrons. The molecule has 0 amide bonds. The van der Waals surface area contributed by atoms with Gasteiger partial charge in [0.1, 0.15) is 4.21 Å². The Kier molecular flexibility index (Phi) is 9.37. The number of thiophene rings is 1. The average Bonchev–Trinajstić information content (AvgIpc) is 3.14. The number of aromatic nitrogens is 2. The van der Waals surface area contributed by atoms with Crippen molar-refractivity contribution < 1.29 is 8.42 Å². The van der Waals surface area contributed by atoms with E-state index in [0.717, 1.165) is 40.6 Å². The molecule has 2 aromatic rings. The Morgan fingerprint density at radius 3 is 2.57 bits per heavy atom. The molecule has 0 fully saturated rings. The van der Waals surface area contributed by atoms with Gasteiger partial charge in [-0.3, -0.25) is 4.68 Å². The molecule has 0 aliphatic heterocycles. The lowest BCUT2D eigenvalue weighted by Crippen LogP contribution is -2.43. The van der Waals surface area contributed by atoms with Crippen molar-refractivity contribution in [3.8, 4) is 0 Å². The molecular weight excluding hydrogens is 511 g/mol. The molecule has 0 bridgehead atoms. The summed E-state index contributed by atoms with van der Waals surface area (Å²) in [6.07, 6.45) is 0.838. The molecule has 0 spiro atoms. The number of sulfonamides is 1. The van der Waals surface area contributed by atoms with Gasteiger partial charge < -0.3 is 10.6 Å². The van der Waals surface area contributed by atoms with Crippen LogP contribution in [0.25, 0.3) is 0 Å². The number of nitrogens with two attached hydrogens (primary N) is 1. The van der Waals surface area contributed by atoms with Crippen molar-refractivity contribution in [2.75, 3.05) is 6.54 Å². The van der Waals surface area contributed by atoms with Gasteiger partial charge in [0, 0.05) is 30.2 Å². The van der Waals surface area contributed by atoms with Crippen LogP contribution < -0.4 is 15.8 Å². The fraction of sp³-hybridized carbons (Fsp3) is 0.529. The standard InChI is InChI=1S/C17H28N6O2S2.HI/c1-6-19-17(20-10-14-7-8-16(26-14)27(18,24)25)21-11(2)9-15-12(3)22-23(5)13(15)4;/h7-8,11H,6,9-10H2,1-5H3,(H2,18,24,25)(H2,19,20,21);1H. The summed E-state index contributed by atoms with van der Waals surface area (Å²) in [6, 6.07) is 3.41. The maximum atomic E-state index is 11.4. The number of rotatable bonds is 7. The first-order chi connectivity index (χ1) is 12.6. The topological polar surface area (TPSA) is 114 Å². The lowest BCUT2D eigenvalue weighted by Gasteiger charge is -2.18. The molecule has 28 heavy (non-hydrogen) atoms. The number of aliphatic imine (C=N–C) groups is 1. The van der Waals surface area contributed by atoms with Crippen molar-refractivity contribution in [3.63, 3.8) is 0 Å². The maximum Gasteiger partial charge on any atom is 0.247 e. The third-order valence-electron chi connectivity index (χ3n) is 4.21. The number of hydrogen-bond acceptors (Lipinski definition) is 5. The largest absolute Gasteiger partial charge is 0.357 e. The first-order valence-corrected chi connectivity index (χ1v) is 11.1. The van der Waals surface area contributed by atoms with Crippen LogP contribution >= 0.6 is 35.3 Å². The number of aryl methyl sites for hydroxylation is 2. The fourth-order valence-corrected chi connectivity index (χ4v) is 4.48. The minimum atomic E-state index is -3.66. The van der Waals surface area contributed by atoms with Crippen LogP contribution in [0.3, 0.4) is 0 Å². The highest BCUT2D eigenvalue weighted by Gasteiger charge is 2.14. The number of nitrogens with one attached hydrogen (secondary N) is 2. The predicted molar refractivity (Wildman–Crippen MR) is 125 cm³/mol. The average molecular weight is 540 g/mol. The number of nitrogens with zero attached hydrogens (tertiary/aromatic N) is 3. The molecule has 2 heterocycles. The molecule has 0 aliphatic rings. The van der Waals surface area contributed by atoms with Crippen LogP contribution in [-0.4, -0.2) is 36.7 Å². The molecule has 4 N–H and O–H groups in total. The van der Waals surface area contributed by atoms with Gasteiger partial charge in [0.15, 0.2) is 5.96 Å². The SMILES string of the molecule is CCNC(=NCc1ccc(S(N)(=O)=O)s1)NC(C)Cc1c(C)nn(C)c1C.I. The third kappa shape index (κ3) is 6.71. The van der Waals surface area contributed by atoms with Gasteiger partial charge in [0.2, 0.25) is 10.0 Å². The van der Waals surface area contributed by atoms with E-state index < -0.39 is 10.0 Å². The molecule has 0 aliphatic carbocycles. The van der Waals surface area contributed by atoms with Crippen molar-refractivity contribution in [1.82, 2.24) is 20.4 Å². The Morgan fingerprint density at radius 1 is 1.39 bits per heavy atom. The van der Waals surface area contributed by atoms with Crippen LogP contribution in [0.1, 0.15) is 35.7 Å². The number of hydrogen-bond donors (Lipinski definition) is 3. The Labute approximate surface area is 188 Å². The summed E-state index contributed by atoms with van der Waals surface area (Å²) in [7, 11) is -1.71. The summed E-state index contributed by atoms with van der Waals surface area (Å²) in [5, 5.41) is 16.2. The Balaban J connectivity index is 0.00000392. The van der Waals surface area contributed by atoms with Crippen LogP contribution in [0.5, 0.6) is 0 Å². The van der Waals surface area contributed by atoms with Crippen molar-refractivity contribution in [3.05, 3.63) is 34.0 Å². The molecule has 0 aromatic carbocycles. The van der Waals surface area contributed by atoms with Gasteiger partial charge in [-0.15, -0.1) is 35.3 Å². The second-order valence-corrected chi connectivity index (χ2v) is 9.44. The fourth-order valence-electron chi connectivity index (χ4n) is 2.78. The highest BCUT2D eigenvalue weighted by molar-refractivity contribution is 14.0. The molecular formula is C17H29IN6O2S2. The summed E-state index contributed by atoms with van der Waals surface area (Å²) in [4.78, 5) is 5.40. The second-order valence-electron chi connectivity index (χ2n) is 6.48. The van der Waals surface area contributed by atoms with Gasteiger partial charge in [-0.2, -0.15) is 5.10 Å². The summed E-state index contributed by atoms with van der Waals surface area (Å²) >= 11 is 1.14. The lowest BCUT2D eigenvalue weighted by molar-refractivity contribution is 0.600. The van der Waals surface area contributed by atoms with E-state index in [0.29, 0.717) is 12.5 Å². The Bertz CT molecular complexity index is 920. The van der Waals surface area contributed by atoms with Crippen molar-refractivity contribution in [1.29, 1.82) is 0 Å². The molecule has 1 unspecified atom stereocenters. The van der Waals surface area contributed by atoms with Gasteiger partial charge in [0.25, 0.3) is 0 Å². The predicted octanol–water partition coefficient (Wildman–Crippen LogP) is 2.05.